The van der Waals surface area contributed by atoms with Gasteiger partial charge in [0.15, 0.2) is 5.96 Å². The second-order valence-corrected chi connectivity index (χ2v) is 7.82. The van der Waals surface area contributed by atoms with E-state index in [1.54, 1.807) is 30.3 Å². The molecule has 0 atom stereocenters. The molecule has 0 spiro atoms. The predicted molar refractivity (Wildman–Crippen MR) is 130 cm³/mol. The van der Waals surface area contributed by atoms with Crippen LogP contribution in [0.4, 0.5) is 0 Å². The molecule has 2 aromatic heterocycles. The van der Waals surface area contributed by atoms with Gasteiger partial charge in [0.2, 0.25) is 5.91 Å². The van der Waals surface area contributed by atoms with Crippen molar-refractivity contribution in [3.8, 4) is 0 Å². The van der Waals surface area contributed by atoms with Crippen LogP contribution in [-0.2, 0) is 17.8 Å². The van der Waals surface area contributed by atoms with Crippen molar-refractivity contribution in [1.29, 1.82) is 0 Å². The Morgan fingerprint density at radius 1 is 1.17 bits per heavy atom. The summed E-state index contributed by atoms with van der Waals surface area (Å²) >= 11 is 1.74. The van der Waals surface area contributed by atoms with Crippen LogP contribution in [0.3, 0.4) is 0 Å². The maximum atomic E-state index is 12.0. The van der Waals surface area contributed by atoms with Crippen LogP contribution in [-0.4, -0.2) is 55.9 Å². The standard InChI is InChI=1S/C21H26N4O2S.HI/c1-24(2)20(26)14-23-21(22-11-10-18-8-6-12-28-18)25(3)15-17-13-16-7-4-5-9-19(16)27-17;/h4-9,12-13H,10-11,14-15H2,1-3H3,(H,22,23);1H. The highest BCUT2D eigenvalue weighted by Gasteiger charge is 2.12. The quantitative estimate of drug-likeness (QED) is 0.289. The number of halogens is 1. The van der Waals surface area contributed by atoms with Gasteiger partial charge in [0.1, 0.15) is 17.9 Å². The average Bonchev–Trinajstić information content (AvgIpc) is 3.32. The highest BCUT2D eigenvalue weighted by Crippen LogP contribution is 2.19. The van der Waals surface area contributed by atoms with Crippen molar-refractivity contribution in [2.45, 2.75) is 13.0 Å². The molecule has 1 aromatic carbocycles. The number of carbonyl (C=O) groups is 1. The SMILES string of the molecule is CN(C)C(=O)CN=C(NCCc1cccs1)N(C)Cc1cc2ccccc2o1.I. The van der Waals surface area contributed by atoms with Crippen LogP contribution in [0.25, 0.3) is 11.0 Å². The van der Waals surface area contributed by atoms with E-state index in [0.717, 1.165) is 29.7 Å². The molecule has 156 valence electrons. The molecule has 2 heterocycles. The Morgan fingerprint density at radius 3 is 2.66 bits per heavy atom. The fraction of sp³-hybridized carbons (Fsp3) is 0.333. The summed E-state index contributed by atoms with van der Waals surface area (Å²) in [5, 5.41) is 6.53. The summed E-state index contributed by atoms with van der Waals surface area (Å²) in [6, 6.07) is 14.2. The van der Waals surface area contributed by atoms with Crippen molar-refractivity contribution in [2.75, 3.05) is 34.2 Å². The first-order chi connectivity index (χ1) is 13.5. The molecule has 8 heteroatoms. The fourth-order valence-electron chi connectivity index (χ4n) is 2.77. The Balaban J connectivity index is 0.00000300. The fourth-order valence-corrected chi connectivity index (χ4v) is 3.48. The summed E-state index contributed by atoms with van der Waals surface area (Å²) in [5.74, 6) is 1.51. The average molecular weight is 526 g/mol. The van der Waals surface area contributed by atoms with Crippen molar-refractivity contribution in [1.82, 2.24) is 15.1 Å². The number of amides is 1. The zero-order chi connectivity index (χ0) is 19.9. The van der Waals surface area contributed by atoms with Gasteiger partial charge in [-0.1, -0.05) is 24.3 Å². The lowest BCUT2D eigenvalue weighted by Gasteiger charge is -2.21. The van der Waals surface area contributed by atoms with Crippen molar-refractivity contribution >= 4 is 58.1 Å². The lowest BCUT2D eigenvalue weighted by atomic mass is 10.2. The van der Waals surface area contributed by atoms with E-state index < -0.39 is 0 Å². The number of para-hydroxylation sites is 1. The summed E-state index contributed by atoms with van der Waals surface area (Å²) in [6.07, 6.45) is 0.913. The van der Waals surface area contributed by atoms with E-state index in [2.05, 4.69) is 27.8 Å². The van der Waals surface area contributed by atoms with Crippen LogP contribution < -0.4 is 5.32 Å². The smallest absolute Gasteiger partial charge is 0.243 e. The van der Waals surface area contributed by atoms with Gasteiger partial charge in [0.25, 0.3) is 0 Å². The third-order valence-electron chi connectivity index (χ3n) is 4.33. The lowest BCUT2D eigenvalue weighted by Crippen LogP contribution is -2.40. The van der Waals surface area contributed by atoms with Gasteiger partial charge in [0.05, 0.1) is 6.54 Å². The van der Waals surface area contributed by atoms with Crippen LogP contribution in [0.15, 0.2) is 57.3 Å². The van der Waals surface area contributed by atoms with Crippen molar-refractivity contribution < 1.29 is 9.21 Å². The molecular formula is C21H27IN4O2S. The Labute approximate surface area is 192 Å². The molecule has 0 saturated carbocycles. The highest BCUT2D eigenvalue weighted by atomic mass is 127. The minimum absolute atomic E-state index is 0. The van der Waals surface area contributed by atoms with Crippen molar-refractivity contribution in [3.63, 3.8) is 0 Å². The number of carbonyl (C=O) groups excluding carboxylic acids is 1. The Hall–Kier alpha value is -2.07. The zero-order valence-electron chi connectivity index (χ0n) is 16.9. The molecule has 0 aliphatic carbocycles. The third-order valence-corrected chi connectivity index (χ3v) is 5.26. The monoisotopic (exact) mass is 526 g/mol. The van der Waals surface area contributed by atoms with E-state index in [9.17, 15) is 4.79 Å². The van der Waals surface area contributed by atoms with E-state index in [4.69, 9.17) is 4.42 Å². The highest BCUT2D eigenvalue weighted by molar-refractivity contribution is 14.0. The van der Waals surface area contributed by atoms with E-state index in [-0.39, 0.29) is 36.4 Å². The van der Waals surface area contributed by atoms with Gasteiger partial charge >= 0.3 is 0 Å². The van der Waals surface area contributed by atoms with E-state index in [0.29, 0.717) is 12.5 Å². The summed E-state index contributed by atoms with van der Waals surface area (Å²) in [4.78, 5) is 21.3. The molecule has 0 saturated heterocycles. The van der Waals surface area contributed by atoms with Crippen LogP contribution in [0, 0.1) is 0 Å². The molecule has 1 amide bonds. The van der Waals surface area contributed by atoms with Gasteiger partial charge in [-0.05, 0) is 30.0 Å². The molecule has 0 aliphatic heterocycles. The number of guanidine groups is 1. The Kier molecular flexibility index (Phi) is 8.97. The maximum absolute atomic E-state index is 12.0. The van der Waals surface area contributed by atoms with Crippen LogP contribution >= 0.6 is 35.3 Å². The first kappa shape index (κ1) is 23.2. The van der Waals surface area contributed by atoms with Gasteiger partial charge in [-0.3, -0.25) is 4.79 Å². The second kappa shape index (κ2) is 11.2. The molecule has 3 rings (SSSR count). The molecule has 3 aromatic rings. The van der Waals surface area contributed by atoms with Crippen molar-refractivity contribution in [2.24, 2.45) is 4.99 Å². The number of likely N-dealkylation sites (N-methyl/N-ethyl adjacent to an activating group) is 1. The minimum Gasteiger partial charge on any atom is -0.459 e. The van der Waals surface area contributed by atoms with Crippen LogP contribution in [0.5, 0.6) is 0 Å². The number of furan rings is 1. The molecule has 6 nitrogen and oxygen atoms in total. The molecule has 1 N–H and O–H groups in total. The summed E-state index contributed by atoms with van der Waals surface area (Å²) in [7, 11) is 5.42. The number of hydrogen-bond donors (Lipinski definition) is 1. The molecule has 0 aliphatic rings. The number of hydrogen-bond acceptors (Lipinski definition) is 4. The maximum Gasteiger partial charge on any atom is 0.243 e. The Bertz CT molecular complexity index is 904. The predicted octanol–water partition coefficient (Wildman–Crippen LogP) is 3.82. The Morgan fingerprint density at radius 2 is 1.97 bits per heavy atom. The number of nitrogens with one attached hydrogen (secondary N) is 1. The van der Waals surface area contributed by atoms with E-state index in [1.807, 2.05) is 42.3 Å². The molecule has 0 unspecified atom stereocenters. The van der Waals surface area contributed by atoms with Gasteiger partial charge < -0.3 is 19.5 Å². The number of nitrogens with zero attached hydrogens (tertiary/aromatic N) is 3. The zero-order valence-corrected chi connectivity index (χ0v) is 20.1. The molecule has 0 bridgehead atoms. The number of thiophene rings is 1. The van der Waals surface area contributed by atoms with Crippen LogP contribution in [0.1, 0.15) is 10.6 Å². The van der Waals surface area contributed by atoms with Gasteiger partial charge in [0, 0.05) is 38.0 Å². The van der Waals surface area contributed by atoms with E-state index >= 15 is 0 Å². The van der Waals surface area contributed by atoms with Crippen LogP contribution in [0.2, 0.25) is 0 Å². The molecule has 29 heavy (non-hydrogen) atoms. The summed E-state index contributed by atoms with van der Waals surface area (Å²) in [6.45, 7) is 1.43. The normalized spacial score (nSPS) is 11.2. The third kappa shape index (κ3) is 6.74. The first-order valence-corrected chi connectivity index (χ1v) is 10.1. The molecule has 0 fully saturated rings. The minimum atomic E-state index is -0.0327. The lowest BCUT2D eigenvalue weighted by molar-refractivity contribution is -0.127. The molecule has 0 radical (unpaired) electrons. The number of aliphatic imine (C=N–C) groups is 1. The number of benzene rings is 1. The topological polar surface area (TPSA) is 61.1 Å². The van der Waals surface area contributed by atoms with E-state index in [1.165, 1.54) is 4.88 Å². The van der Waals surface area contributed by atoms with Crippen molar-refractivity contribution in [3.05, 3.63) is 58.5 Å². The largest absolute Gasteiger partial charge is 0.459 e. The molecular weight excluding hydrogens is 499 g/mol. The number of fused-ring (bicyclic) bond motifs is 1. The first-order valence-electron chi connectivity index (χ1n) is 9.22. The summed E-state index contributed by atoms with van der Waals surface area (Å²) < 4.78 is 5.92. The van der Waals surface area contributed by atoms with Gasteiger partial charge in [-0.15, -0.1) is 35.3 Å². The second-order valence-electron chi connectivity index (χ2n) is 6.79. The van der Waals surface area contributed by atoms with Gasteiger partial charge in [-0.2, -0.15) is 0 Å². The van der Waals surface area contributed by atoms with Gasteiger partial charge in [-0.25, -0.2) is 4.99 Å². The number of rotatable bonds is 7. The summed E-state index contributed by atoms with van der Waals surface area (Å²) in [5.41, 5.74) is 0.873.